The number of H-pyrrole nitrogens is 1. The van der Waals surface area contributed by atoms with Gasteiger partial charge in [0, 0.05) is 16.4 Å². The highest BCUT2D eigenvalue weighted by Crippen LogP contribution is 2.36. The summed E-state index contributed by atoms with van der Waals surface area (Å²) in [5.74, 6) is 0.0737. The first kappa shape index (κ1) is 22.6. The van der Waals surface area contributed by atoms with E-state index < -0.39 is 5.25 Å². The van der Waals surface area contributed by atoms with Crippen LogP contribution >= 0.6 is 34.4 Å². The molecule has 3 heterocycles. The van der Waals surface area contributed by atoms with E-state index in [1.54, 1.807) is 0 Å². The number of aryl methyl sites for hydroxylation is 1. The van der Waals surface area contributed by atoms with Crippen LogP contribution in [0, 0.1) is 6.92 Å². The van der Waals surface area contributed by atoms with Crippen LogP contribution in [0.3, 0.4) is 0 Å². The minimum atomic E-state index is -0.420. The summed E-state index contributed by atoms with van der Waals surface area (Å²) in [5.41, 5.74) is 1.71. The summed E-state index contributed by atoms with van der Waals surface area (Å²) in [6.07, 6.45) is 0.576. The lowest BCUT2D eigenvalue weighted by atomic mass is 10.0. The molecule has 0 aliphatic heterocycles. The van der Waals surface area contributed by atoms with Crippen molar-refractivity contribution in [3.63, 3.8) is 0 Å². The van der Waals surface area contributed by atoms with Gasteiger partial charge in [0.15, 0.2) is 5.16 Å². The Morgan fingerprint density at radius 1 is 1.19 bits per heavy atom. The van der Waals surface area contributed by atoms with Gasteiger partial charge < -0.3 is 4.98 Å². The normalized spacial score (nSPS) is 12.4. The Bertz CT molecular complexity index is 1310. The van der Waals surface area contributed by atoms with E-state index in [0.717, 1.165) is 21.0 Å². The maximum absolute atomic E-state index is 13.0. The number of anilines is 1. The van der Waals surface area contributed by atoms with E-state index in [2.05, 4.69) is 25.5 Å². The lowest BCUT2D eigenvalue weighted by Crippen LogP contribution is -2.25. The minimum absolute atomic E-state index is 0.181. The second-order valence-corrected chi connectivity index (χ2v) is 11.0. The molecule has 32 heavy (non-hydrogen) atoms. The number of hydrogen-bond acceptors (Lipinski definition) is 8. The van der Waals surface area contributed by atoms with Gasteiger partial charge in [0.05, 0.1) is 10.6 Å². The van der Waals surface area contributed by atoms with Crippen molar-refractivity contribution in [2.75, 3.05) is 5.32 Å². The summed E-state index contributed by atoms with van der Waals surface area (Å²) >= 11 is 4.12. The van der Waals surface area contributed by atoms with Crippen LogP contribution in [0.25, 0.3) is 21.3 Å². The first-order valence-electron chi connectivity index (χ1n) is 10.3. The van der Waals surface area contributed by atoms with Crippen LogP contribution in [0.2, 0.25) is 0 Å². The zero-order chi connectivity index (χ0) is 22.8. The molecule has 0 saturated heterocycles. The summed E-state index contributed by atoms with van der Waals surface area (Å²) in [6.45, 7) is 7.99. The molecule has 3 aromatic heterocycles. The zero-order valence-corrected chi connectivity index (χ0v) is 20.6. The van der Waals surface area contributed by atoms with Crippen molar-refractivity contribution >= 4 is 55.7 Å². The number of aromatic amines is 1. The fourth-order valence-corrected chi connectivity index (χ4v) is 6.02. The molecule has 2 N–H and O–H groups in total. The van der Waals surface area contributed by atoms with E-state index in [4.69, 9.17) is 0 Å². The molecule has 1 aromatic carbocycles. The third kappa shape index (κ3) is 4.62. The van der Waals surface area contributed by atoms with Gasteiger partial charge in [-0.1, -0.05) is 74.2 Å². The van der Waals surface area contributed by atoms with Gasteiger partial charge in [-0.15, -0.1) is 21.5 Å². The van der Waals surface area contributed by atoms with Crippen molar-refractivity contribution in [1.29, 1.82) is 0 Å². The number of fused-ring (bicyclic) bond motifs is 1. The number of hydrogen-bond donors (Lipinski definition) is 2. The number of amides is 1. The maximum atomic E-state index is 13.0. The molecule has 10 heteroatoms. The van der Waals surface area contributed by atoms with Crippen molar-refractivity contribution in [3.8, 4) is 11.1 Å². The van der Waals surface area contributed by atoms with E-state index in [-0.39, 0.29) is 17.4 Å². The van der Waals surface area contributed by atoms with Crippen LogP contribution in [-0.2, 0) is 4.79 Å². The van der Waals surface area contributed by atoms with Crippen molar-refractivity contribution in [1.82, 2.24) is 20.2 Å². The highest BCUT2D eigenvalue weighted by Gasteiger charge is 2.23. The molecule has 166 valence electrons. The molecule has 0 saturated carbocycles. The highest BCUT2D eigenvalue weighted by molar-refractivity contribution is 8.00. The standard InChI is InChI=1S/C22H23N5O2S3/c1-5-14(17(28)23-22-27-26-19(32-22)11(2)3)31-21-24-18(29)16-15(12(4)30-20(16)25-21)13-9-7-6-8-10-13/h6-11,14H,5H2,1-4H3,(H,23,27,28)(H,24,25,29). The first-order valence-corrected chi connectivity index (χ1v) is 12.8. The zero-order valence-electron chi connectivity index (χ0n) is 18.1. The van der Waals surface area contributed by atoms with Gasteiger partial charge in [-0.25, -0.2) is 4.98 Å². The molecule has 4 aromatic rings. The predicted octanol–water partition coefficient (Wildman–Crippen LogP) is 5.44. The lowest BCUT2D eigenvalue weighted by Gasteiger charge is -2.12. The predicted molar refractivity (Wildman–Crippen MR) is 133 cm³/mol. The van der Waals surface area contributed by atoms with Crippen molar-refractivity contribution in [2.24, 2.45) is 0 Å². The van der Waals surface area contributed by atoms with Crippen LogP contribution in [0.1, 0.15) is 43.0 Å². The van der Waals surface area contributed by atoms with Crippen LogP contribution in [0.15, 0.2) is 40.3 Å². The Kier molecular flexibility index (Phi) is 6.73. The molecule has 0 aliphatic rings. The number of nitrogens with zero attached hydrogens (tertiary/aromatic N) is 3. The molecule has 0 fully saturated rings. The molecule has 0 bridgehead atoms. The number of thiophene rings is 1. The van der Waals surface area contributed by atoms with Gasteiger partial charge in [0.1, 0.15) is 9.84 Å². The minimum Gasteiger partial charge on any atom is -0.301 e. The van der Waals surface area contributed by atoms with E-state index in [1.807, 2.05) is 58.0 Å². The summed E-state index contributed by atoms with van der Waals surface area (Å²) in [4.78, 5) is 35.0. The van der Waals surface area contributed by atoms with Gasteiger partial charge >= 0.3 is 0 Å². The monoisotopic (exact) mass is 485 g/mol. The SMILES string of the molecule is CCC(Sc1nc2sc(C)c(-c3ccccc3)c2c(=O)[nH]1)C(=O)Nc1nnc(C(C)C)s1. The molecule has 1 atom stereocenters. The lowest BCUT2D eigenvalue weighted by molar-refractivity contribution is -0.115. The van der Waals surface area contributed by atoms with E-state index in [9.17, 15) is 9.59 Å². The fourth-order valence-electron chi connectivity index (χ4n) is 3.27. The number of rotatable bonds is 7. The number of carbonyl (C=O) groups excluding carboxylic acids is 1. The largest absolute Gasteiger partial charge is 0.301 e. The Balaban J connectivity index is 1.59. The average molecular weight is 486 g/mol. The van der Waals surface area contributed by atoms with Crippen molar-refractivity contribution in [3.05, 3.63) is 50.6 Å². The molecule has 1 unspecified atom stereocenters. The van der Waals surface area contributed by atoms with Crippen molar-refractivity contribution < 1.29 is 4.79 Å². The molecular weight excluding hydrogens is 462 g/mol. The number of benzene rings is 1. The van der Waals surface area contributed by atoms with Gasteiger partial charge in [0.2, 0.25) is 11.0 Å². The van der Waals surface area contributed by atoms with Crippen LogP contribution < -0.4 is 10.9 Å². The number of nitrogens with one attached hydrogen (secondary N) is 2. The quantitative estimate of drug-likeness (QED) is 0.267. The van der Waals surface area contributed by atoms with Gasteiger partial charge in [-0.05, 0) is 18.9 Å². The third-order valence-electron chi connectivity index (χ3n) is 4.86. The topological polar surface area (TPSA) is 101 Å². The third-order valence-corrected chi connectivity index (χ3v) is 8.25. The van der Waals surface area contributed by atoms with Crippen molar-refractivity contribution in [2.45, 2.75) is 50.4 Å². The molecule has 1 amide bonds. The van der Waals surface area contributed by atoms with Gasteiger partial charge in [-0.2, -0.15) is 0 Å². The molecule has 0 aliphatic carbocycles. The highest BCUT2D eigenvalue weighted by atomic mass is 32.2. The first-order chi connectivity index (χ1) is 15.4. The summed E-state index contributed by atoms with van der Waals surface area (Å²) in [5, 5.41) is 13.0. The van der Waals surface area contributed by atoms with E-state index in [0.29, 0.717) is 26.9 Å². The number of carbonyl (C=O) groups is 1. The van der Waals surface area contributed by atoms with Crippen LogP contribution in [0.5, 0.6) is 0 Å². The fraction of sp³-hybridized carbons (Fsp3) is 0.318. The second kappa shape index (κ2) is 9.51. The second-order valence-electron chi connectivity index (χ2n) is 7.55. The van der Waals surface area contributed by atoms with Crippen LogP contribution in [0.4, 0.5) is 5.13 Å². The van der Waals surface area contributed by atoms with E-state index >= 15 is 0 Å². The summed E-state index contributed by atoms with van der Waals surface area (Å²) in [6, 6.07) is 9.84. The van der Waals surface area contributed by atoms with E-state index in [1.165, 1.54) is 34.4 Å². The molecule has 0 spiro atoms. The molecule has 7 nitrogen and oxygen atoms in total. The number of aromatic nitrogens is 4. The molecule has 0 radical (unpaired) electrons. The molecular formula is C22H23N5O2S3. The molecule has 4 rings (SSSR count). The Morgan fingerprint density at radius 3 is 2.59 bits per heavy atom. The van der Waals surface area contributed by atoms with Gasteiger partial charge in [0.25, 0.3) is 5.56 Å². The summed E-state index contributed by atoms with van der Waals surface area (Å²) in [7, 11) is 0. The Labute approximate surface area is 197 Å². The Morgan fingerprint density at radius 2 is 1.94 bits per heavy atom. The number of thioether (sulfide) groups is 1. The van der Waals surface area contributed by atoms with Gasteiger partial charge in [-0.3, -0.25) is 14.9 Å². The maximum Gasteiger partial charge on any atom is 0.260 e. The average Bonchev–Trinajstić information content (AvgIpc) is 3.36. The Hall–Kier alpha value is -2.56. The van der Waals surface area contributed by atoms with Crippen LogP contribution in [-0.4, -0.2) is 31.3 Å². The summed E-state index contributed by atoms with van der Waals surface area (Å²) < 4.78 is 0. The smallest absolute Gasteiger partial charge is 0.260 e.